The molecule has 1 unspecified atom stereocenters. The van der Waals surface area contributed by atoms with Crippen molar-refractivity contribution < 1.29 is 9.47 Å². The lowest BCUT2D eigenvalue weighted by Gasteiger charge is -2.19. The standard InChI is InChI=1S/C15H23N3O2S/c1-19-13-7-6-11(9-14(13)20-2)18-15(16)17-10-12-5-3-4-8-21-12/h6-7,9,12H,3-5,8,10H2,1-2H3,(H3,16,17,18). The zero-order chi connectivity index (χ0) is 15.1. The Kier molecular flexibility index (Phi) is 6.04. The number of nitrogens with two attached hydrogens (primary N) is 1. The Morgan fingerprint density at radius 3 is 2.81 bits per heavy atom. The summed E-state index contributed by atoms with van der Waals surface area (Å²) in [6, 6.07) is 5.57. The topological polar surface area (TPSA) is 68.9 Å². The molecule has 1 heterocycles. The average molecular weight is 309 g/mol. The lowest BCUT2D eigenvalue weighted by molar-refractivity contribution is 0.355. The van der Waals surface area contributed by atoms with Crippen LogP contribution >= 0.6 is 11.8 Å². The van der Waals surface area contributed by atoms with Crippen LogP contribution in [0.15, 0.2) is 23.2 Å². The highest BCUT2D eigenvalue weighted by atomic mass is 32.2. The van der Waals surface area contributed by atoms with Crippen LogP contribution < -0.4 is 20.5 Å². The van der Waals surface area contributed by atoms with Crippen molar-refractivity contribution in [2.24, 2.45) is 10.7 Å². The van der Waals surface area contributed by atoms with Gasteiger partial charge in [0.15, 0.2) is 17.5 Å². The van der Waals surface area contributed by atoms with E-state index in [1.807, 2.05) is 30.0 Å². The maximum Gasteiger partial charge on any atom is 0.193 e. The molecule has 0 aromatic heterocycles. The molecule has 1 aromatic carbocycles. The van der Waals surface area contributed by atoms with Gasteiger partial charge in [-0.2, -0.15) is 11.8 Å². The van der Waals surface area contributed by atoms with Crippen molar-refractivity contribution in [2.45, 2.75) is 24.5 Å². The van der Waals surface area contributed by atoms with E-state index >= 15 is 0 Å². The van der Waals surface area contributed by atoms with Crippen LogP contribution in [0.25, 0.3) is 0 Å². The van der Waals surface area contributed by atoms with Crippen LogP contribution in [0.3, 0.4) is 0 Å². The minimum absolute atomic E-state index is 0.438. The summed E-state index contributed by atoms with van der Waals surface area (Å²) in [6.07, 6.45) is 3.86. The van der Waals surface area contributed by atoms with Crippen molar-refractivity contribution in [1.29, 1.82) is 0 Å². The number of methoxy groups -OCH3 is 2. The summed E-state index contributed by atoms with van der Waals surface area (Å²) >= 11 is 2.00. The van der Waals surface area contributed by atoms with E-state index in [0.717, 1.165) is 12.2 Å². The molecule has 1 fully saturated rings. The summed E-state index contributed by atoms with van der Waals surface area (Å²) in [4.78, 5) is 4.43. The van der Waals surface area contributed by atoms with Gasteiger partial charge in [-0.25, -0.2) is 0 Å². The first-order chi connectivity index (χ1) is 10.2. The fourth-order valence-corrected chi connectivity index (χ4v) is 3.47. The number of guanidine groups is 1. The van der Waals surface area contributed by atoms with Crippen LogP contribution in [0.5, 0.6) is 11.5 Å². The Morgan fingerprint density at radius 2 is 2.14 bits per heavy atom. The number of hydrogen-bond donors (Lipinski definition) is 2. The van der Waals surface area contributed by atoms with Crippen molar-refractivity contribution in [3.8, 4) is 11.5 Å². The SMILES string of the molecule is COc1ccc(NC(N)=NCC2CCCCS2)cc1OC. The molecule has 0 bridgehead atoms. The lowest BCUT2D eigenvalue weighted by atomic mass is 10.2. The van der Waals surface area contributed by atoms with E-state index in [4.69, 9.17) is 15.2 Å². The van der Waals surface area contributed by atoms with Crippen LogP contribution in [0.2, 0.25) is 0 Å². The van der Waals surface area contributed by atoms with E-state index in [-0.39, 0.29) is 0 Å². The number of aliphatic imine (C=N–C) groups is 1. The highest BCUT2D eigenvalue weighted by Gasteiger charge is 2.13. The Balaban J connectivity index is 1.93. The van der Waals surface area contributed by atoms with E-state index in [2.05, 4.69) is 10.3 Å². The average Bonchev–Trinajstić information content (AvgIpc) is 2.53. The smallest absolute Gasteiger partial charge is 0.193 e. The predicted octanol–water partition coefficient (Wildman–Crippen LogP) is 2.72. The molecule has 1 atom stereocenters. The maximum absolute atomic E-state index is 5.94. The van der Waals surface area contributed by atoms with Gasteiger partial charge in [-0.15, -0.1) is 0 Å². The molecular formula is C15H23N3O2S. The quantitative estimate of drug-likeness (QED) is 0.646. The molecule has 3 N–H and O–H groups in total. The first kappa shape index (κ1) is 15.8. The van der Waals surface area contributed by atoms with Gasteiger partial charge in [0.1, 0.15) is 0 Å². The molecule has 1 aliphatic rings. The number of hydrogen-bond acceptors (Lipinski definition) is 4. The fraction of sp³-hybridized carbons (Fsp3) is 0.533. The summed E-state index contributed by atoms with van der Waals surface area (Å²) in [7, 11) is 3.22. The van der Waals surface area contributed by atoms with Crippen molar-refractivity contribution in [3.63, 3.8) is 0 Å². The molecule has 6 heteroatoms. The lowest BCUT2D eigenvalue weighted by Crippen LogP contribution is -2.24. The van der Waals surface area contributed by atoms with Gasteiger partial charge >= 0.3 is 0 Å². The van der Waals surface area contributed by atoms with Gasteiger partial charge < -0.3 is 20.5 Å². The summed E-state index contributed by atoms with van der Waals surface area (Å²) in [6.45, 7) is 0.775. The van der Waals surface area contributed by atoms with E-state index in [9.17, 15) is 0 Å². The molecule has 21 heavy (non-hydrogen) atoms. The van der Waals surface area contributed by atoms with Crippen molar-refractivity contribution >= 4 is 23.4 Å². The van der Waals surface area contributed by atoms with Crippen LogP contribution in [-0.4, -0.2) is 37.7 Å². The Labute approximate surface area is 130 Å². The largest absolute Gasteiger partial charge is 0.493 e. The summed E-state index contributed by atoms with van der Waals surface area (Å²) in [5.41, 5.74) is 6.78. The predicted molar refractivity (Wildman–Crippen MR) is 89.8 cm³/mol. The van der Waals surface area contributed by atoms with Crippen LogP contribution in [0, 0.1) is 0 Å². The first-order valence-corrected chi connectivity index (χ1v) is 8.18. The molecule has 0 radical (unpaired) electrons. The van der Waals surface area contributed by atoms with Crippen molar-refractivity contribution in [2.75, 3.05) is 31.8 Å². The van der Waals surface area contributed by atoms with Gasteiger partial charge in [-0.05, 0) is 30.7 Å². The molecule has 0 aliphatic carbocycles. The molecule has 0 spiro atoms. The van der Waals surface area contributed by atoms with Gasteiger partial charge in [0, 0.05) is 17.0 Å². The molecule has 1 aromatic rings. The number of thioether (sulfide) groups is 1. The Bertz CT molecular complexity index is 488. The summed E-state index contributed by atoms with van der Waals surface area (Å²) < 4.78 is 10.5. The molecular weight excluding hydrogens is 286 g/mol. The minimum Gasteiger partial charge on any atom is -0.493 e. The molecule has 5 nitrogen and oxygen atoms in total. The third-order valence-electron chi connectivity index (χ3n) is 3.40. The van der Waals surface area contributed by atoms with Gasteiger partial charge in [0.2, 0.25) is 0 Å². The first-order valence-electron chi connectivity index (χ1n) is 7.13. The van der Waals surface area contributed by atoms with E-state index in [1.54, 1.807) is 14.2 Å². The number of nitrogens with zero attached hydrogens (tertiary/aromatic N) is 1. The van der Waals surface area contributed by atoms with Gasteiger partial charge in [0.05, 0.1) is 20.8 Å². The second-order valence-electron chi connectivity index (χ2n) is 4.91. The van der Waals surface area contributed by atoms with E-state index in [1.165, 1.54) is 25.0 Å². The second-order valence-corrected chi connectivity index (χ2v) is 6.32. The minimum atomic E-state index is 0.438. The summed E-state index contributed by atoms with van der Waals surface area (Å²) in [5.74, 6) is 3.03. The third kappa shape index (κ3) is 4.74. The zero-order valence-corrected chi connectivity index (χ0v) is 13.4. The number of benzene rings is 1. The van der Waals surface area contributed by atoms with Crippen LogP contribution in [0.1, 0.15) is 19.3 Å². The van der Waals surface area contributed by atoms with Gasteiger partial charge in [-0.3, -0.25) is 4.99 Å². The van der Waals surface area contributed by atoms with Crippen LogP contribution in [-0.2, 0) is 0 Å². The van der Waals surface area contributed by atoms with Crippen molar-refractivity contribution in [1.82, 2.24) is 0 Å². The van der Waals surface area contributed by atoms with E-state index in [0.29, 0.717) is 22.7 Å². The molecule has 1 saturated heterocycles. The summed E-state index contributed by atoms with van der Waals surface area (Å²) in [5, 5.41) is 3.69. The molecule has 0 saturated carbocycles. The molecule has 1 aliphatic heterocycles. The molecule has 0 amide bonds. The second kappa shape index (κ2) is 8.02. The highest BCUT2D eigenvalue weighted by molar-refractivity contribution is 7.99. The number of anilines is 1. The maximum atomic E-state index is 5.94. The fourth-order valence-electron chi connectivity index (χ4n) is 2.25. The Hall–Kier alpha value is -1.56. The van der Waals surface area contributed by atoms with Crippen molar-refractivity contribution in [3.05, 3.63) is 18.2 Å². The van der Waals surface area contributed by atoms with Crippen LogP contribution in [0.4, 0.5) is 5.69 Å². The number of rotatable bonds is 5. The Morgan fingerprint density at radius 1 is 1.33 bits per heavy atom. The van der Waals surface area contributed by atoms with Gasteiger partial charge in [-0.1, -0.05) is 6.42 Å². The number of ether oxygens (including phenoxy) is 2. The third-order valence-corrected chi connectivity index (χ3v) is 4.78. The van der Waals surface area contributed by atoms with Gasteiger partial charge in [0.25, 0.3) is 0 Å². The monoisotopic (exact) mass is 309 g/mol. The molecule has 116 valence electrons. The normalized spacial score (nSPS) is 19.1. The highest BCUT2D eigenvalue weighted by Crippen LogP contribution is 2.29. The zero-order valence-electron chi connectivity index (χ0n) is 12.6. The number of nitrogens with one attached hydrogen (secondary N) is 1. The van der Waals surface area contributed by atoms with E-state index < -0.39 is 0 Å². The molecule has 2 rings (SSSR count).